The molecule has 4 nitrogen and oxygen atoms in total. The van der Waals surface area contributed by atoms with E-state index in [9.17, 15) is 4.79 Å². The number of anilines is 1. The molecule has 1 amide bonds. The molecule has 0 atom stereocenters. The lowest BCUT2D eigenvalue weighted by Crippen LogP contribution is -2.34. The van der Waals surface area contributed by atoms with E-state index >= 15 is 0 Å². The normalized spacial score (nSPS) is 9.95. The molecule has 0 aliphatic rings. The lowest BCUT2D eigenvalue weighted by atomic mass is 10.2. The van der Waals surface area contributed by atoms with Gasteiger partial charge in [-0.05, 0) is 70.6 Å². The highest BCUT2D eigenvalue weighted by atomic mass is 79.9. The van der Waals surface area contributed by atoms with Gasteiger partial charge >= 0.3 is 0 Å². The van der Waals surface area contributed by atoms with Gasteiger partial charge in [0.1, 0.15) is 5.75 Å². The molecule has 7 heteroatoms. The van der Waals surface area contributed by atoms with E-state index in [4.69, 9.17) is 28.6 Å². The number of nitrogens with one attached hydrogen (secondary N) is 2. The van der Waals surface area contributed by atoms with Crippen molar-refractivity contribution in [1.82, 2.24) is 5.32 Å². The summed E-state index contributed by atoms with van der Waals surface area (Å²) in [6, 6.07) is 11.9. The van der Waals surface area contributed by atoms with Gasteiger partial charge in [-0.25, -0.2) is 0 Å². The van der Waals surface area contributed by atoms with Crippen molar-refractivity contribution in [1.29, 1.82) is 0 Å². The van der Waals surface area contributed by atoms with E-state index in [0.717, 1.165) is 10.2 Å². The lowest BCUT2D eigenvalue weighted by molar-refractivity contribution is 0.0978. The van der Waals surface area contributed by atoms with Crippen LogP contribution in [0.1, 0.15) is 10.4 Å². The standard InChI is InChI=1S/C15H12BrClN2O2S/c1-21-13-7-6-11(8-12(13)16)18-15(22)19-14(20)9-2-4-10(17)5-3-9/h2-8H,1H3,(H2,18,19,20,22). The van der Waals surface area contributed by atoms with Gasteiger partial charge in [0.15, 0.2) is 5.11 Å². The van der Waals surface area contributed by atoms with Crippen molar-refractivity contribution >= 4 is 56.5 Å². The second-order valence-electron chi connectivity index (χ2n) is 4.26. The predicted molar refractivity (Wildman–Crippen MR) is 95.8 cm³/mol. The smallest absolute Gasteiger partial charge is 0.257 e. The van der Waals surface area contributed by atoms with Crippen LogP contribution < -0.4 is 15.4 Å². The van der Waals surface area contributed by atoms with Crippen LogP contribution >= 0.6 is 39.7 Å². The summed E-state index contributed by atoms with van der Waals surface area (Å²) in [6.07, 6.45) is 0. The topological polar surface area (TPSA) is 50.4 Å². The Morgan fingerprint density at radius 3 is 2.50 bits per heavy atom. The molecule has 0 aromatic heterocycles. The molecule has 0 aliphatic carbocycles. The summed E-state index contributed by atoms with van der Waals surface area (Å²) < 4.78 is 5.93. The molecule has 2 rings (SSSR count). The predicted octanol–water partition coefficient (Wildman–Crippen LogP) is 4.24. The monoisotopic (exact) mass is 398 g/mol. The van der Waals surface area contributed by atoms with Gasteiger partial charge in [0.2, 0.25) is 0 Å². The van der Waals surface area contributed by atoms with Gasteiger partial charge in [-0.15, -0.1) is 0 Å². The van der Waals surface area contributed by atoms with Crippen LogP contribution in [0.15, 0.2) is 46.9 Å². The Morgan fingerprint density at radius 2 is 1.91 bits per heavy atom. The molecule has 22 heavy (non-hydrogen) atoms. The molecule has 0 bridgehead atoms. The molecule has 0 heterocycles. The van der Waals surface area contributed by atoms with Crippen molar-refractivity contribution in [3.05, 3.63) is 57.5 Å². The highest BCUT2D eigenvalue weighted by molar-refractivity contribution is 9.10. The van der Waals surface area contributed by atoms with Crippen LogP contribution in [0.5, 0.6) is 5.75 Å². The van der Waals surface area contributed by atoms with Crippen LogP contribution in [-0.4, -0.2) is 18.1 Å². The summed E-state index contributed by atoms with van der Waals surface area (Å²) in [5.74, 6) is 0.406. The van der Waals surface area contributed by atoms with Gasteiger partial charge in [-0.1, -0.05) is 11.6 Å². The molecule has 0 radical (unpaired) electrons. The highest BCUT2D eigenvalue weighted by Gasteiger charge is 2.08. The Labute approximate surface area is 146 Å². The minimum Gasteiger partial charge on any atom is -0.496 e. The van der Waals surface area contributed by atoms with E-state index in [1.54, 1.807) is 49.6 Å². The zero-order chi connectivity index (χ0) is 16.1. The number of hydrogen-bond donors (Lipinski definition) is 2. The molecule has 0 unspecified atom stereocenters. The Morgan fingerprint density at radius 1 is 1.23 bits per heavy atom. The van der Waals surface area contributed by atoms with E-state index in [1.807, 2.05) is 0 Å². The van der Waals surface area contributed by atoms with Gasteiger partial charge in [-0.2, -0.15) is 0 Å². The number of hydrogen-bond acceptors (Lipinski definition) is 3. The van der Waals surface area contributed by atoms with Crippen molar-refractivity contribution in [3.63, 3.8) is 0 Å². The third kappa shape index (κ3) is 4.43. The molecule has 0 saturated carbocycles. The first-order valence-corrected chi connectivity index (χ1v) is 7.79. The van der Waals surface area contributed by atoms with Crippen molar-refractivity contribution < 1.29 is 9.53 Å². The minimum atomic E-state index is -0.304. The number of carbonyl (C=O) groups is 1. The van der Waals surface area contributed by atoms with Gasteiger partial charge in [0, 0.05) is 16.3 Å². The molecule has 2 N–H and O–H groups in total. The maximum Gasteiger partial charge on any atom is 0.257 e. The zero-order valence-corrected chi connectivity index (χ0v) is 14.7. The third-order valence-corrected chi connectivity index (χ3v) is 3.82. The number of rotatable bonds is 3. The van der Waals surface area contributed by atoms with E-state index in [0.29, 0.717) is 16.3 Å². The van der Waals surface area contributed by atoms with Crippen molar-refractivity contribution in [2.75, 3.05) is 12.4 Å². The fraction of sp³-hybridized carbons (Fsp3) is 0.0667. The van der Waals surface area contributed by atoms with Crippen LogP contribution in [-0.2, 0) is 0 Å². The summed E-state index contributed by atoms with van der Waals surface area (Å²) in [5.41, 5.74) is 1.21. The van der Waals surface area contributed by atoms with Crippen LogP contribution in [0, 0.1) is 0 Å². The van der Waals surface area contributed by atoms with E-state index in [2.05, 4.69) is 26.6 Å². The second kappa shape index (κ2) is 7.58. The van der Waals surface area contributed by atoms with E-state index in [-0.39, 0.29) is 11.0 Å². The molecular formula is C15H12BrClN2O2S. The summed E-state index contributed by atoms with van der Waals surface area (Å²) in [6.45, 7) is 0. The molecule has 114 valence electrons. The molecule has 2 aromatic rings. The Balaban J connectivity index is 1.99. The lowest BCUT2D eigenvalue weighted by Gasteiger charge is -2.11. The molecule has 0 aliphatic heterocycles. The number of amides is 1. The first-order chi connectivity index (χ1) is 10.5. The fourth-order valence-electron chi connectivity index (χ4n) is 1.68. The zero-order valence-electron chi connectivity index (χ0n) is 11.5. The van der Waals surface area contributed by atoms with Crippen molar-refractivity contribution in [2.24, 2.45) is 0 Å². The first-order valence-electron chi connectivity index (χ1n) is 6.21. The Kier molecular flexibility index (Phi) is 5.76. The molecule has 0 fully saturated rings. The molecule has 0 saturated heterocycles. The summed E-state index contributed by atoms with van der Waals surface area (Å²) >= 11 is 14.3. The Bertz CT molecular complexity index is 707. The summed E-state index contributed by atoms with van der Waals surface area (Å²) in [7, 11) is 1.59. The van der Waals surface area contributed by atoms with Gasteiger partial charge in [-0.3, -0.25) is 10.1 Å². The maximum absolute atomic E-state index is 12.0. The van der Waals surface area contributed by atoms with Crippen LogP contribution in [0.4, 0.5) is 5.69 Å². The third-order valence-electron chi connectivity index (χ3n) is 2.74. The number of carbonyl (C=O) groups excluding carboxylic acids is 1. The van der Waals surface area contributed by atoms with E-state index < -0.39 is 0 Å². The summed E-state index contributed by atoms with van der Waals surface area (Å²) in [4.78, 5) is 12.0. The maximum atomic E-state index is 12.0. The van der Waals surface area contributed by atoms with Crippen molar-refractivity contribution in [2.45, 2.75) is 0 Å². The SMILES string of the molecule is COc1ccc(NC(=S)NC(=O)c2ccc(Cl)cc2)cc1Br. The minimum absolute atomic E-state index is 0.206. The van der Waals surface area contributed by atoms with Gasteiger partial charge in [0.05, 0.1) is 11.6 Å². The number of thiocarbonyl (C=S) groups is 1. The molecule has 2 aromatic carbocycles. The highest BCUT2D eigenvalue weighted by Crippen LogP contribution is 2.27. The van der Waals surface area contributed by atoms with Crippen LogP contribution in [0.25, 0.3) is 0 Å². The quantitative estimate of drug-likeness (QED) is 0.758. The molecule has 0 spiro atoms. The van der Waals surface area contributed by atoms with E-state index in [1.165, 1.54) is 0 Å². The number of ether oxygens (including phenoxy) is 1. The second-order valence-corrected chi connectivity index (χ2v) is 5.96. The average molecular weight is 400 g/mol. The largest absolute Gasteiger partial charge is 0.496 e. The van der Waals surface area contributed by atoms with Gasteiger partial charge in [0.25, 0.3) is 5.91 Å². The Hall–Kier alpha value is -1.63. The molecular weight excluding hydrogens is 388 g/mol. The fourth-order valence-corrected chi connectivity index (χ4v) is 2.56. The number of benzene rings is 2. The van der Waals surface area contributed by atoms with Gasteiger partial charge < -0.3 is 10.1 Å². The summed E-state index contributed by atoms with van der Waals surface area (Å²) in [5, 5.41) is 6.31. The first kappa shape index (κ1) is 16.7. The number of halogens is 2. The van der Waals surface area contributed by atoms with Crippen LogP contribution in [0.2, 0.25) is 5.02 Å². The number of methoxy groups -OCH3 is 1. The van der Waals surface area contributed by atoms with Crippen LogP contribution in [0.3, 0.4) is 0 Å². The van der Waals surface area contributed by atoms with Crippen molar-refractivity contribution in [3.8, 4) is 5.75 Å². The average Bonchev–Trinajstić information content (AvgIpc) is 2.48.